The van der Waals surface area contributed by atoms with Gasteiger partial charge in [0.25, 0.3) is 0 Å². The molecular formula is C20H17N5O2. The van der Waals surface area contributed by atoms with Gasteiger partial charge in [-0.05, 0) is 24.3 Å². The Morgan fingerprint density at radius 2 is 1.85 bits per heavy atom. The zero-order valence-corrected chi connectivity index (χ0v) is 14.8. The lowest BCUT2D eigenvalue weighted by molar-refractivity contribution is 0.0697. The van der Waals surface area contributed by atoms with Crippen molar-refractivity contribution < 1.29 is 9.90 Å². The van der Waals surface area contributed by atoms with Crippen molar-refractivity contribution in [3.63, 3.8) is 0 Å². The molecule has 2 N–H and O–H groups in total. The Balaban J connectivity index is 2.05. The van der Waals surface area contributed by atoms with Crippen molar-refractivity contribution in [1.29, 1.82) is 0 Å². The highest BCUT2D eigenvalue weighted by atomic mass is 16.4. The highest BCUT2D eigenvalue weighted by Crippen LogP contribution is 2.33. The third-order valence-electron chi connectivity index (χ3n) is 4.45. The smallest absolute Gasteiger partial charge is 0.335 e. The van der Waals surface area contributed by atoms with Crippen molar-refractivity contribution >= 4 is 45.2 Å². The molecule has 0 spiro atoms. The number of benzene rings is 2. The number of nitrogens with zero attached hydrogens (tertiary/aromatic N) is 4. The van der Waals surface area contributed by atoms with E-state index in [1.54, 1.807) is 31.4 Å². The molecule has 4 rings (SSSR count). The van der Waals surface area contributed by atoms with Crippen LogP contribution in [0.1, 0.15) is 10.4 Å². The van der Waals surface area contributed by atoms with Crippen LogP contribution in [0, 0.1) is 0 Å². The molecule has 0 saturated heterocycles. The van der Waals surface area contributed by atoms with Gasteiger partial charge in [0.05, 0.1) is 11.1 Å². The molecule has 2 aromatic heterocycles. The first kappa shape index (κ1) is 16.7. The summed E-state index contributed by atoms with van der Waals surface area (Å²) in [7, 11) is 3.67. The maximum Gasteiger partial charge on any atom is 0.335 e. The second-order valence-electron chi connectivity index (χ2n) is 6.07. The topological polar surface area (TPSA) is 91.2 Å². The minimum Gasteiger partial charge on any atom is -0.478 e. The Hall–Kier alpha value is -3.74. The number of hydrogen-bond acceptors (Lipinski definition) is 6. The van der Waals surface area contributed by atoms with Gasteiger partial charge in [0.2, 0.25) is 5.95 Å². The minimum atomic E-state index is -0.987. The van der Waals surface area contributed by atoms with Gasteiger partial charge in [0, 0.05) is 36.8 Å². The summed E-state index contributed by atoms with van der Waals surface area (Å²) in [5.41, 5.74) is 2.41. The molecule has 0 amide bonds. The molecule has 0 atom stereocenters. The van der Waals surface area contributed by atoms with Gasteiger partial charge in [-0.3, -0.25) is 0 Å². The molecule has 0 aliphatic rings. The van der Waals surface area contributed by atoms with Crippen LogP contribution in [-0.2, 0) is 0 Å². The van der Waals surface area contributed by atoms with Crippen LogP contribution in [0.2, 0.25) is 0 Å². The van der Waals surface area contributed by atoms with Crippen molar-refractivity contribution in [3.8, 4) is 0 Å². The number of pyridine rings is 1. The van der Waals surface area contributed by atoms with E-state index < -0.39 is 5.97 Å². The van der Waals surface area contributed by atoms with Gasteiger partial charge in [-0.25, -0.2) is 19.7 Å². The number of carboxylic acid groups (broad SMARTS) is 1. The summed E-state index contributed by atoms with van der Waals surface area (Å²) in [5.74, 6) is 0.136. The summed E-state index contributed by atoms with van der Waals surface area (Å²) in [5, 5.41) is 13.9. The van der Waals surface area contributed by atoms with Gasteiger partial charge >= 0.3 is 5.97 Å². The first-order valence-corrected chi connectivity index (χ1v) is 8.39. The van der Waals surface area contributed by atoms with Crippen LogP contribution in [0.25, 0.3) is 21.8 Å². The van der Waals surface area contributed by atoms with Crippen molar-refractivity contribution in [3.05, 3.63) is 60.3 Å². The molecule has 27 heavy (non-hydrogen) atoms. The van der Waals surface area contributed by atoms with Crippen molar-refractivity contribution in [2.75, 3.05) is 24.3 Å². The summed E-state index contributed by atoms with van der Waals surface area (Å²) in [6, 6.07) is 14.7. The molecule has 0 radical (unpaired) electrons. The van der Waals surface area contributed by atoms with Crippen molar-refractivity contribution in [1.82, 2.24) is 15.0 Å². The lowest BCUT2D eigenvalue weighted by Crippen LogP contribution is -2.13. The number of anilines is 3. The van der Waals surface area contributed by atoms with E-state index in [0.29, 0.717) is 22.8 Å². The first-order valence-electron chi connectivity index (χ1n) is 8.39. The fourth-order valence-electron chi connectivity index (χ4n) is 3.03. The van der Waals surface area contributed by atoms with Crippen molar-refractivity contribution in [2.45, 2.75) is 0 Å². The molecule has 2 heterocycles. The Labute approximate surface area is 155 Å². The molecular weight excluding hydrogens is 342 g/mol. The molecule has 7 heteroatoms. The van der Waals surface area contributed by atoms with E-state index in [0.717, 1.165) is 16.5 Å². The number of rotatable bonds is 4. The van der Waals surface area contributed by atoms with E-state index >= 15 is 0 Å². The largest absolute Gasteiger partial charge is 0.478 e. The standard InChI is InChI=1S/C20H17N5O2/c1-21-20-22-11-15-14-9-8-12(19(26)27)10-16(14)23-18(17(15)24-20)25(2)13-6-4-3-5-7-13/h3-11H,1-2H3,(H,26,27)(H,21,22,24). The summed E-state index contributed by atoms with van der Waals surface area (Å²) >= 11 is 0. The quantitative estimate of drug-likeness (QED) is 0.537. The minimum absolute atomic E-state index is 0.190. The maximum absolute atomic E-state index is 11.4. The van der Waals surface area contributed by atoms with Crippen LogP contribution in [0.3, 0.4) is 0 Å². The molecule has 0 saturated carbocycles. The Morgan fingerprint density at radius 3 is 2.56 bits per heavy atom. The van der Waals surface area contributed by atoms with E-state index in [9.17, 15) is 9.90 Å². The second kappa shape index (κ2) is 6.53. The van der Waals surface area contributed by atoms with Crippen LogP contribution in [-0.4, -0.2) is 40.1 Å². The van der Waals surface area contributed by atoms with Gasteiger partial charge in [-0.1, -0.05) is 24.3 Å². The van der Waals surface area contributed by atoms with Crippen LogP contribution >= 0.6 is 0 Å². The van der Waals surface area contributed by atoms with E-state index in [2.05, 4.69) is 15.3 Å². The normalized spacial score (nSPS) is 10.9. The van der Waals surface area contributed by atoms with Gasteiger partial charge < -0.3 is 15.3 Å². The van der Waals surface area contributed by atoms with Crippen LogP contribution in [0.15, 0.2) is 54.7 Å². The SMILES string of the molecule is CNc1ncc2c(n1)c(N(C)c1ccccc1)nc1cc(C(=O)O)ccc12. The van der Waals surface area contributed by atoms with Crippen molar-refractivity contribution in [2.24, 2.45) is 0 Å². The number of carbonyl (C=O) groups is 1. The number of fused-ring (bicyclic) bond motifs is 3. The summed E-state index contributed by atoms with van der Waals surface area (Å²) < 4.78 is 0. The number of nitrogens with one attached hydrogen (secondary N) is 1. The molecule has 134 valence electrons. The predicted molar refractivity (Wildman–Crippen MR) is 106 cm³/mol. The van der Waals surface area contributed by atoms with Gasteiger partial charge in [0.15, 0.2) is 5.82 Å². The van der Waals surface area contributed by atoms with E-state index in [4.69, 9.17) is 4.98 Å². The third-order valence-corrected chi connectivity index (χ3v) is 4.45. The number of hydrogen-bond donors (Lipinski definition) is 2. The Kier molecular flexibility index (Phi) is 4.04. The number of aromatic nitrogens is 3. The highest BCUT2D eigenvalue weighted by molar-refractivity contribution is 6.10. The highest BCUT2D eigenvalue weighted by Gasteiger charge is 2.17. The van der Waals surface area contributed by atoms with Gasteiger partial charge in [-0.2, -0.15) is 0 Å². The monoisotopic (exact) mass is 359 g/mol. The molecule has 2 aromatic carbocycles. The lowest BCUT2D eigenvalue weighted by atomic mass is 10.1. The first-order chi connectivity index (χ1) is 13.1. The number of aromatic carboxylic acids is 1. The average molecular weight is 359 g/mol. The summed E-state index contributed by atoms with van der Waals surface area (Å²) in [4.78, 5) is 27.0. The predicted octanol–water partition coefficient (Wildman–Crippen LogP) is 3.69. The Bertz CT molecular complexity index is 1160. The molecule has 0 aliphatic carbocycles. The fourth-order valence-corrected chi connectivity index (χ4v) is 3.03. The van der Waals surface area contributed by atoms with Gasteiger partial charge in [0.1, 0.15) is 5.52 Å². The number of para-hydroxylation sites is 1. The zero-order chi connectivity index (χ0) is 19.0. The van der Waals surface area contributed by atoms with Crippen LogP contribution in [0.5, 0.6) is 0 Å². The molecule has 0 fully saturated rings. The van der Waals surface area contributed by atoms with E-state index in [1.807, 2.05) is 42.3 Å². The second-order valence-corrected chi connectivity index (χ2v) is 6.07. The van der Waals surface area contributed by atoms with Crippen LogP contribution in [0.4, 0.5) is 17.5 Å². The summed E-state index contributed by atoms with van der Waals surface area (Å²) in [6.07, 6.45) is 1.74. The van der Waals surface area contributed by atoms with E-state index in [-0.39, 0.29) is 5.56 Å². The number of carboxylic acids is 1. The molecule has 7 nitrogen and oxygen atoms in total. The molecule has 4 aromatic rings. The molecule has 0 aliphatic heterocycles. The van der Waals surface area contributed by atoms with Gasteiger partial charge in [-0.15, -0.1) is 0 Å². The lowest BCUT2D eigenvalue weighted by Gasteiger charge is -2.20. The molecule has 0 bridgehead atoms. The zero-order valence-electron chi connectivity index (χ0n) is 14.8. The Morgan fingerprint density at radius 1 is 1.07 bits per heavy atom. The summed E-state index contributed by atoms with van der Waals surface area (Å²) in [6.45, 7) is 0. The third kappa shape index (κ3) is 2.89. The van der Waals surface area contributed by atoms with E-state index in [1.165, 1.54) is 0 Å². The molecule has 0 unspecified atom stereocenters. The average Bonchev–Trinajstić information content (AvgIpc) is 2.72. The fraction of sp³-hybridized carbons (Fsp3) is 0.100. The maximum atomic E-state index is 11.4. The van der Waals surface area contributed by atoms with Crippen LogP contribution < -0.4 is 10.2 Å².